The number of hydrogen-bond acceptors (Lipinski definition) is 2. The second-order valence-electron chi connectivity index (χ2n) is 3.24. The first kappa shape index (κ1) is 9.92. The van der Waals surface area contributed by atoms with E-state index in [1.165, 1.54) is 0 Å². The van der Waals surface area contributed by atoms with Gasteiger partial charge in [-0.25, -0.2) is 0 Å². The Hall–Kier alpha value is -0.0800. The van der Waals surface area contributed by atoms with Crippen molar-refractivity contribution in [2.75, 3.05) is 0 Å². The second-order valence-corrected chi connectivity index (χ2v) is 3.24. The summed E-state index contributed by atoms with van der Waals surface area (Å²) in [6, 6.07) is 0. The van der Waals surface area contributed by atoms with Crippen LogP contribution in [0.3, 0.4) is 0 Å². The molecule has 2 atom stereocenters. The lowest BCUT2D eigenvalue weighted by Crippen LogP contribution is -2.24. The van der Waals surface area contributed by atoms with E-state index in [4.69, 9.17) is 5.11 Å². The summed E-state index contributed by atoms with van der Waals surface area (Å²) in [5.41, 5.74) is -0.586. The molecule has 0 saturated heterocycles. The van der Waals surface area contributed by atoms with E-state index in [0.717, 1.165) is 6.42 Å². The van der Waals surface area contributed by atoms with Crippen molar-refractivity contribution in [1.29, 1.82) is 0 Å². The molecule has 0 rings (SSSR count). The number of aliphatic hydroxyl groups is 2. The highest BCUT2D eigenvalue weighted by Crippen LogP contribution is 2.16. The molecule has 2 nitrogen and oxygen atoms in total. The summed E-state index contributed by atoms with van der Waals surface area (Å²) in [5, 5.41) is 18.4. The van der Waals surface area contributed by atoms with Gasteiger partial charge in [0.1, 0.15) is 0 Å². The van der Waals surface area contributed by atoms with E-state index in [0.29, 0.717) is 12.8 Å². The molecule has 0 aromatic carbocycles. The van der Waals surface area contributed by atoms with E-state index >= 15 is 0 Å². The maximum absolute atomic E-state index is 9.46. The van der Waals surface area contributed by atoms with Crippen LogP contribution in [0.15, 0.2) is 0 Å². The SMILES string of the molecule is CCC(C)(O)CCC(C)O. The van der Waals surface area contributed by atoms with Gasteiger partial charge in [-0.15, -0.1) is 0 Å². The summed E-state index contributed by atoms with van der Waals surface area (Å²) in [6.45, 7) is 5.49. The Kier molecular flexibility index (Phi) is 3.91. The monoisotopic (exact) mass is 146 g/mol. The van der Waals surface area contributed by atoms with Crippen LogP contribution in [0.1, 0.15) is 40.0 Å². The Labute approximate surface area is 62.9 Å². The molecule has 0 bridgehead atoms. The van der Waals surface area contributed by atoms with Crippen molar-refractivity contribution in [1.82, 2.24) is 0 Å². The van der Waals surface area contributed by atoms with Gasteiger partial charge < -0.3 is 10.2 Å². The number of hydrogen-bond donors (Lipinski definition) is 2. The van der Waals surface area contributed by atoms with Crippen LogP contribution in [-0.2, 0) is 0 Å². The van der Waals surface area contributed by atoms with Crippen molar-refractivity contribution >= 4 is 0 Å². The molecule has 62 valence electrons. The zero-order valence-electron chi connectivity index (χ0n) is 7.09. The van der Waals surface area contributed by atoms with Gasteiger partial charge in [-0.2, -0.15) is 0 Å². The molecule has 2 unspecified atom stereocenters. The first-order valence-electron chi connectivity index (χ1n) is 3.88. The minimum absolute atomic E-state index is 0.293. The molecular formula is C8H18O2. The van der Waals surface area contributed by atoms with Crippen LogP contribution in [-0.4, -0.2) is 21.9 Å². The van der Waals surface area contributed by atoms with E-state index in [1.54, 1.807) is 13.8 Å². The van der Waals surface area contributed by atoms with Gasteiger partial charge in [0.15, 0.2) is 0 Å². The first-order valence-corrected chi connectivity index (χ1v) is 3.88. The third-order valence-corrected chi connectivity index (χ3v) is 1.86. The summed E-state index contributed by atoms with van der Waals surface area (Å²) < 4.78 is 0. The van der Waals surface area contributed by atoms with Gasteiger partial charge in [0.05, 0.1) is 11.7 Å². The van der Waals surface area contributed by atoms with E-state index in [9.17, 15) is 5.11 Å². The molecule has 0 aliphatic carbocycles. The lowest BCUT2D eigenvalue weighted by Gasteiger charge is -2.21. The van der Waals surface area contributed by atoms with Crippen LogP contribution in [0.2, 0.25) is 0 Å². The molecule has 0 saturated carbocycles. The average molecular weight is 146 g/mol. The molecule has 0 spiro atoms. The van der Waals surface area contributed by atoms with Crippen LogP contribution in [0.4, 0.5) is 0 Å². The minimum atomic E-state index is -0.586. The molecule has 0 aliphatic rings. The average Bonchev–Trinajstić information content (AvgIpc) is 1.85. The summed E-state index contributed by atoms with van der Waals surface area (Å²) in [6.07, 6.45) is 1.82. The van der Waals surface area contributed by atoms with Gasteiger partial charge in [0.25, 0.3) is 0 Å². The molecule has 0 aromatic heterocycles. The molecule has 2 heteroatoms. The zero-order chi connectivity index (χ0) is 8.20. The fraction of sp³-hybridized carbons (Fsp3) is 1.00. The number of rotatable bonds is 4. The van der Waals surface area contributed by atoms with Crippen LogP contribution >= 0.6 is 0 Å². The molecule has 0 fully saturated rings. The second kappa shape index (κ2) is 3.94. The van der Waals surface area contributed by atoms with Gasteiger partial charge in [-0.3, -0.25) is 0 Å². The molecular weight excluding hydrogens is 128 g/mol. The Morgan fingerprint density at radius 3 is 2.30 bits per heavy atom. The smallest absolute Gasteiger partial charge is 0.0618 e. The Bertz CT molecular complexity index is 87.3. The van der Waals surface area contributed by atoms with Gasteiger partial charge in [0, 0.05) is 0 Å². The number of aliphatic hydroxyl groups excluding tert-OH is 1. The highest BCUT2D eigenvalue weighted by atomic mass is 16.3. The molecule has 2 N–H and O–H groups in total. The van der Waals surface area contributed by atoms with E-state index in [2.05, 4.69) is 0 Å². The largest absolute Gasteiger partial charge is 0.393 e. The van der Waals surface area contributed by atoms with Crippen LogP contribution in [0, 0.1) is 0 Å². The molecule has 10 heavy (non-hydrogen) atoms. The zero-order valence-corrected chi connectivity index (χ0v) is 7.09. The minimum Gasteiger partial charge on any atom is -0.393 e. The third-order valence-electron chi connectivity index (χ3n) is 1.86. The topological polar surface area (TPSA) is 40.5 Å². The van der Waals surface area contributed by atoms with Crippen molar-refractivity contribution in [2.24, 2.45) is 0 Å². The van der Waals surface area contributed by atoms with Crippen molar-refractivity contribution in [3.05, 3.63) is 0 Å². The predicted molar refractivity (Wildman–Crippen MR) is 41.8 cm³/mol. The van der Waals surface area contributed by atoms with Crippen LogP contribution in [0.5, 0.6) is 0 Å². The lowest BCUT2D eigenvalue weighted by atomic mass is 9.96. The van der Waals surface area contributed by atoms with Crippen molar-refractivity contribution in [2.45, 2.75) is 51.7 Å². The first-order chi connectivity index (χ1) is 4.48. The fourth-order valence-electron chi connectivity index (χ4n) is 0.697. The third kappa shape index (κ3) is 4.77. The highest BCUT2D eigenvalue weighted by Gasteiger charge is 2.17. The summed E-state index contributed by atoms with van der Waals surface area (Å²) in [4.78, 5) is 0. The van der Waals surface area contributed by atoms with Crippen molar-refractivity contribution in [3.63, 3.8) is 0 Å². The fourth-order valence-corrected chi connectivity index (χ4v) is 0.697. The predicted octanol–water partition coefficient (Wildman–Crippen LogP) is 1.31. The van der Waals surface area contributed by atoms with Crippen LogP contribution in [0.25, 0.3) is 0 Å². The quantitative estimate of drug-likeness (QED) is 0.627. The van der Waals surface area contributed by atoms with Gasteiger partial charge >= 0.3 is 0 Å². The summed E-state index contributed by atoms with van der Waals surface area (Å²) in [5.74, 6) is 0. The molecule has 0 radical (unpaired) electrons. The summed E-state index contributed by atoms with van der Waals surface area (Å²) >= 11 is 0. The Morgan fingerprint density at radius 2 is 2.00 bits per heavy atom. The van der Waals surface area contributed by atoms with Crippen LogP contribution < -0.4 is 0 Å². The highest BCUT2D eigenvalue weighted by molar-refractivity contribution is 4.70. The van der Waals surface area contributed by atoms with Crippen molar-refractivity contribution < 1.29 is 10.2 Å². The van der Waals surface area contributed by atoms with E-state index < -0.39 is 5.60 Å². The Balaban J connectivity index is 3.46. The molecule has 0 heterocycles. The molecule has 0 aromatic rings. The maximum atomic E-state index is 9.46. The standard InChI is InChI=1S/C8H18O2/c1-4-8(3,10)6-5-7(2)9/h7,9-10H,4-6H2,1-3H3. The van der Waals surface area contributed by atoms with Gasteiger partial charge in [-0.1, -0.05) is 6.92 Å². The van der Waals surface area contributed by atoms with Crippen molar-refractivity contribution in [3.8, 4) is 0 Å². The molecule has 0 amide bonds. The Morgan fingerprint density at radius 1 is 1.50 bits per heavy atom. The lowest BCUT2D eigenvalue weighted by molar-refractivity contribution is 0.0312. The normalized spacial score (nSPS) is 20.1. The summed E-state index contributed by atoms with van der Waals surface area (Å²) in [7, 11) is 0. The van der Waals surface area contributed by atoms with Gasteiger partial charge in [-0.05, 0) is 33.1 Å². The maximum Gasteiger partial charge on any atom is 0.0618 e. The van der Waals surface area contributed by atoms with E-state index in [-0.39, 0.29) is 6.10 Å². The van der Waals surface area contributed by atoms with E-state index in [1.807, 2.05) is 6.92 Å². The van der Waals surface area contributed by atoms with Gasteiger partial charge in [0.2, 0.25) is 0 Å². The molecule has 0 aliphatic heterocycles.